The van der Waals surface area contributed by atoms with Crippen LogP contribution < -0.4 is 15.4 Å². The summed E-state index contributed by atoms with van der Waals surface area (Å²) in [6.45, 7) is 1.37. The monoisotopic (exact) mass is 352 g/mol. The Morgan fingerprint density at radius 2 is 2.17 bits per heavy atom. The van der Waals surface area contributed by atoms with Gasteiger partial charge in [0.05, 0.1) is 6.04 Å². The number of benzene rings is 1. The first-order valence-electron chi connectivity index (χ1n) is 7.15. The molecule has 1 aromatic rings. The summed E-state index contributed by atoms with van der Waals surface area (Å²) in [5, 5.41) is 5.80. The van der Waals surface area contributed by atoms with Crippen molar-refractivity contribution >= 4 is 18.3 Å². The molecule has 0 spiro atoms. The third-order valence-electron chi connectivity index (χ3n) is 3.44. The van der Waals surface area contributed by atoms with Crippen LogP contribution in [0.25, 0.3) is 0 Å². The molecule has 130 valence electrons. The fourth-order valence-electron chi connectivity index (χ4n) is 2.32. The topological polar surface area (TPSA) is 50.4 Å². The number of hydrogen-bond donors (Lipinski definition) is 2. The van der Waals surface area contributed by atoms with Crippen molar-refractivity contribution in [2.45, 2.75) is 38.5 Å². The van der Waals surface area contributed by atoms with Crippen molar-refractivity contribution in [3.63, 3.8) is 0 Å². The zero-order chi connectivity index (χ0) is 16.2. The molecule has 1 saturated heterocycles. The molecule has 0 bridgehead atoms. The highest BCUT2D eigenvalue weighted by molar-refractivity contribution is 5.85. The lowest BCUT2D eigenvalue weighted by Gasteiger charge is -2.16. The van der Waals surface area contributed by atoms with Gasteiger partial charge in [-0.15, -0.1) is 12.4 Å². The molecule has 1 aliphatic heterocycles. The van der Waals surface area contributed by atoms with Crippen LogP contribution in [0.4, 0.5) is 13.2 Å². The third-order valence-corrected chi connectivity index (χ3v) is 3.44. The first-order chi connectivity index (χ1) is 10.3. The van der Waals surface area contributed by atoms with Gasteiger partial charge in [0.15, 0.2) is 6.61 Å². The third kappa shape index (κ3) is 6.27. The first kappa shape index (κ1) is 19.6. The van der Waals surface area contributed by atoms with Gasteiger partial charge in [0.1, 0.15) is 5.75 Å². The van der Waals surface area contributed by atoms with Crippen LogP contribution in [0.15, 0.2) is 18.2 Å². The van der Waals surface area contributed by atoms with Gasteiger partial charge in [-0.2, -0.15) is 13.2 Å². The Balaban J connectivity index is 0.00000264. The first-order valence-corrected chi connectivity index (χ1v) is 7.15. The van der Waals surface area contributed by atoms with Gasteiger partial charge in [0.2, 0.25) is 5.91 Å². The van der Waals surface area contributed by atoms with Crippen LogP contribution in [0, 0.1) is 6.92 Å². The summed E-state index contributed by atoms with van der Waals surface area (Å²) >= 11 is 0. The molecular formula is C15H20ClF3N2O2. The van der Waals surface area contributed by atoms with Gasteiger partial charge in [-0.05, 0) is 37.9 Å². The Labute approximate surface area is 139 Å². The smallest absolute Gasteiger partial charge is 0.422 e. The highest BCUT2D eigenvalue weighted by atomic mass is 35.5. The van der Waals surface area contributed by atoms with E-state index in [4.69, 9.17) is 4.74 Å². The predicted molar refractivity (Wildman–Crippen MR) is 82.8 cm³/mol. The SMILES string of the molecule is Cc1ccc(CNC(=O)C2CCCN2)c(OCC(F)(F)F)c1.Cl. The molecule has 1 aliphatic rings. The largest absolute Gasteiger partial charge is 0.484 e. The Hall–Kier alpha value is -1.47. The van der Waals surface area contributed by atoms with E-state index >= 15 is 0 Å². The molecule has 23 heavy (non-hydrogen) atoms. The summed E-state index contributed by atoms with van der Waals surface area (Å²) in [6.07, 6.45) is -2.67. The molecule has 1 heterocycles. The fraction of sp³-hybridized carbons (Fsp3) is 0.533. The quantitative estimate of drug-likeness (QED) is 0.856. The number of carbonyl (C=O) groups excluding carboxylic acids is 1. The number of carbonyl (C=O) groups is 1. The summed E-state index contributed by atoms with van der Waals surface area (Å²) in [6, 6.07) is 4.77. The second kappa shape index (κ2) is 8.40. The molecule has 2 rings (SSSR count). The minimum Gasteiger partial charge on any atom is -0.484 e. The maximum atomic E-state index is 12.3. The maximum Gasteiger partial charge on any atom is 0.422 e. The summed E-state index contributed by atoms with van der Waals surface area (Å²) in [5.41, 5.74) is 1.32. The molecule has 0 saturated carbocycles. The van der Waals surface area contributed by atoms with E-state index < -0.39 is 12.8 Å². The van der Waals surface area contributed by atoms with Crippen LogP contribution >= 0.6 is 12.4 Å². The summed E-state index contributed by atoms with van der Waals surface area (Å²) in [4.78, 5) is 11.9. The van der Waals surface area contributed by atoms with Crippen molar-refractivity contribution in [2.24, 2.45) is 0 Å². The number of rotatable bonds is 5. The van der Waals surface area contributed by atoms with E-state index in [0.29, 0.717) is 5.56 Å². The Kier molecular flexibility index (Phi) is 7.15. The van der Waals surface area contributed by atoms with Crippen LogP contribution in [0.3, 0.4) is 0 Å². The van der Waals surface area contributed by atoms with Crippen LogP contribution in [-0.2, 0) is 11.3 Å². The Morgan fingerprint density at radius 1 is 1.43 bits per heavy atom. The van der Waals surface area contributed by atoms with Gasteiger partial charge in [-0.1, -0.05) is 12.1 Å². The van der Waals surface area contributed by atoms with E-state index in [-0.39, 0.29) is 36.7 Å². The molecule has 1 unspecified atom stereocenters. The maximum absolute atomic E-state index is 12.3. The van der Waals surface area contributed by atoms with E-state index in [1.807, 2.05) is 0 Å². The lowest BCUT2D eigenvalue weighted by Crippen LogP contribution is -2.40. The average molecular weight is 353 g/mol. The van der Waals surface area contributed by atoms with E-state index in [2.05, 4.69) is 10.6 Å². The number of amides is 1. The van der Waals surface area contributed by atoms with Crippen molar-refractivity contribution < 1.29 is 22.7 Å². The summed E-state index contributed by atoms with van der Waals surface area (Å²) in [5.74, 6) is 0.0110. The lowest BCUT2D eigenvalue weighted by molar-refractivity contribution is -0.153. The van der Waals surface area contributed by atoms with Crippen molar-refractivity contribution in [1.29, 1.82) is 0 Å². The normalized spacial score (nSPS) is 17.5. The van der Waals surface area contributed by atoms with Gasteiger partial charge in [0.25, 0.3) is 0 Å². The Morgan fingerprint density at radius 3 is 2.78 bits per heavy atom. The fourth-order valence-corrected chi connectivity index (χ4v) is 2.32. The van der Waals surface area contributed by atoms with Crippen LogP contribution in [-0.4, -0.2) is 31.3 Å². The zero-order valence-corrected chi connectivity index (χ0v) is 13.5. The molecular weight excluding hydrogens is 333 g/mol. The van der Waals surface area contributed by atoms with Gasteiger partial charge >= 0.3 is 6.18 Å². The van der Waals surface area contributed by atoms with Crippen molar-refractivity contribution in [3.05, 3.63) is 29.3 Å². The molecule has 1 atom stereocenters. The highest BCUT2D eigenvalue weighted by Crippen LogP contribution is 2.23. The van der Waals surface area contributed by atoms with Crippen molar-refractivity contribution in [1.82, 2.24) is 10.6 Å². The number of alkyl halides is 3. The lowest BCUT2D eigenvalue weighted by atomic mass is 10.1. The number of aryl methyl sites for hydroxylation is 1. The molecule has 0 radical (unpaired) electrons. The predicted octanol–water partition coefficient (Wildman–Crippen LogP) is 2.73. The van der Waals surface area contributed by atoms with Crippen molar-refractivity contribution in [3.8, 4) is 5.75 Å². The van der Waals surface area contributed by atoms with Gasteiger partial charge in [0, 0.05) is 12.1 Å². The molecule has 4 nitrogen and oxygen atoms in total. The van der Waals surface area contributed by atoms with E-state index in [1.54, 1.807) is 25.1 Å². The standard InChI is InChI=1S/C15H19F3N2O2.ClH/c1-10-4-5-11(13(7-10)22-9-15(16,17)18)8-20-14(21)12-3-2-6-19-12;/h4-5,7,12,19H,2-3,6,8-9H2,1H3,(H,20,21);1H. The number of nitrogens with one attached hydrogen (secondary N) is 2. The van der Waals surface area contributed by atoms with Crippen molar-refractivity contribution in [2.75, 3.05) is 13.2 Å². The second-order valence-electron chi connectivity index (χ2n) is 5.38. The molecule has 8 heteroatoms. The van der Waals surface area contributed by atoms with Gasteiger partial charge in [-0.3, -0.25) is 4.79 Å². The van der Waals surface area contributed by atoms with Crippen LogP contribution in [0.5, 0.6) is 5.75 Å². The minimum atomic E-state index is -4.39. The van der Waals surface area contributed by atoms with Crippen LogP contribution in [0.2, 0.25) is 0 Å². The highest BCUT2D eigenvalue weighted by Gasteiger charge is 2.29. The van der Waals surface area contributed by atoms with Gasteiger partial charge < -0.3 is 15.4 Å². The van der Waals surface area contributed by atoms with E-state index in [0.717, 1.165) is 24.9 Å². The zero-order valence-electron chi connectivity index (χ0n) is 12.7. The second-order valence-corrected chi connectivity index (χ2v) is 5.38. The molecule has 0 aliphatic carbocycles. The molecule has 1 fully saturated rings. The van der Waals surface area contributed by atoms with Gasteiger partial charge in [-0.25, -0.2) is 0 Å². The molecule has 0 aromatic heterocycles. The number of hydrogen-bond acceptors (Lipinski definition) is 3. The minimum absolute atomic E-state index is 0. The summed E-state index contributed by atoms with van der Waals surface area (Å²) in [7, 11) is 0. The molecule has 2 N–H and O–H groups in total. The summed E-state index contributed by atoms with van der Waals surface area (Å²) < 4.78 is 41.7. The molecule has 1 aromatic carbocycles. The number of ether oxygens (including phenoxy) is 1. The van der Waals surface area contributed by atoms with E-state index in [1.165, 1.54) is 0 Å². The number of halogens is 4. The van der Waals surface area contributed by atoms with E-state index in [9.17, 15) is 18.0 Å². The average Bonchev–Trinajstić information content (AvgIpc) is 2.97. The molecule has 1 amide bonds. The Bertz CT molecular complexity index is 532. The van der Waals surface area contributed by atoms with Crippen LogP contribution in [0.1, 0.15) is 24.0 Å².